The van der Waals surface area contributed by atoms with Gasteiger partial charge in [-0.05, 0) is 25.5 Å². The van der Waals surface area contributed by atoms with Crippen molar-refractivity contribution >= 4 is 23.8 Å². The van der Waals surface area contributed by atoms with Gasteiger partial charge in [0.2, 0.25) is 0 Å². The molecule has 2 N–H and O–H groups in total. The minimum Gasteiger partial charge on any atom is -0.480 e. The molecule has 0 saturated carbocycles. The Morgan fingerprint density at radius 3 is 2.53 bits per heavy atom. The number of carboxylic acid groups (broad SMARTS) is 1. The van der Waals surface area contributed by atoms with Crippen LogP contribution in [0.1, 0.15) is 39.0 Å². The molecule has 6 heteroatoms. The SMILES string of the molecule is CCCCC(NC(=O)N1CCC(SC)CC1)C(=O)O. The highest BCUT2D eigenvalue weighted by molar-refractivity contribution is 7.99. The van der Waals surface area contributed by atoms with Gasteiger partial charge >= 0.3 is 12.0 Å². The van der Waals surface area contributed by atoms with Gasteiger partial charge in [0.05, 0.1) is 0 Å². The smallest absolute Gasteiger partial charge is 0.326 e. The lowest BCUT2D eigenvalue weighted by atomic mass is 10.1. The summed E-state index contributed by atoms with van der Waals surface area (Å²) in [5, 5.41) is 12.3. The number of amides is 2. The van der Waals surface area contributed by atoms with Gasteiger partial charge in [0.25, 0.3) is 0 Å². The zero-order valence-corrected chi connectivity index (χ0v) is 12.5. The third-order valence-electron chi connectivity index (χ3n) is 3.50. The second-order valence-corrected chi connectivity index (χ2v) is 6.04. The summed E-state index contributed by atoms with van der Waals surface area (Å²) >= 11 is 1.84. The molecular formula is C13H24N2O3S. The number of likely N-dealkylation sites (tertiary alicyclic amines) is 1. The number of hydrogen-bond acceptors (Lipinski definition) is 3. The fourth-order valence-corrected chi connectivity index (χ4v) is 2.88. The topological polar surface area (TPSA) is 69.6 Å². The molecule has 1 aliphatic rings. The summed E-state index contributed by atoms with van der Waals surface area (Å²) in [5.74, 6) is -0.944. The molecule has 2 amide bonds. The second-order valence-electron chi connectivity index (χ2n) is 4.90. The Morgan fingerprint density at radius 2 is 2.05 bits per heavy atom. The highest BCUT2D eigenvalue weighted by Gasteiger charge is 2.25. The molecule has 0 aromatic heterocycles. The minimum absolute atomic E-state index is 0.233. The number of urea groups is 1. The van der Waals surface area contributed by atoms with Gasteiger partial charge in [0.15, 0.2) is 0 Å². The first kappa shape index (κ1) is 16.1. The molecule has 5 nitrogen and oxygen atoms in total. The molecule has 1 saturated heterocycles. The van der Waals surface area contributed by atoms with E-state index in [0.29, 0.717) is 11.7 Å². The van der Waals surface area contributed by atoms with E-state index < -0.39 is 12.0 Å². The Hall–Kier alpha value is -0.910. The number of hydrogen-bond donors (Lipinski definition) is 2. The predicted octanol–water partition coefficient (Wildman–Crippen LogP) is 2.17. The highest BCUT2D eigenvalue weighted by Crippen LogP contribution is 2.20. The molecule has 1 aliphatic heterocycles. The van der Waals surface area contributed by atoms with Crippen molar-refractivity contribution in [2.75, 3.05) is 19.3 Å². The summed E-state index contributed by atoms with van der Waals surface area (Å²) in [6.45, 7) is 3.45. The van der Waals surface area contributed by atoms with Crippen LogP contribution in [0.3, 0.4) is 0 Å². The number of carbonyl (C=O) groups is 2. The first-order valence-electron chi connectivity index (χ1n) is 6.89. The van der Waals surface area contributed by atoms with Crippen LogP contribution in [0.5, 0.6) is 0 Å². The monoisotopic (exact) mass is 288 g/mol. The molecular weight excluding hydrogens is 264 g/mol. The van der Waals surface area contributed by atoms with Crippen LogP contribution in [0.15, 0.2) is 0 Å². The van der Waals surface area contributed by atoms with Gasteiger partial charge in [0, 0.05) is 18.3 Å². The maximum absolute atomic E-state index is 12.0. The zero-order valence-electron chi connectivity index (χ0n) is 11.7. The molecule has 0 aromatic rings. The van der Waals surface area contributed by atoms with E-state index in [2.05, 4.69) is 11.6 Å². The summed E-state index contributed by atoms with van der Waals surface area (Å²) in [6.07, 6.45) is 6.30. The molecule has 19 heavy (non-hydrogen) atoms. The van der Waals surface area contributed by atoms with Crippen molar-refractivity contribution in [1.82, 2.24) is 10.2 Å². The van der Waals surface area contributed by atoms with Crippen LogP contribution in [-0.4, -0.2) is 52.6 Å². The lowest BCUT2D eigenvalue weighted by molar-refractivity contribution is -0.139. The number of aliphatic carboxylic acids is 1. The van der Waals surface area contributed by atoms with Crippen LogP contribution in [0.2, 0.25) is 0 Å². The fraction of sp³-hybridized carbons (Fsp3) is 0.846. The van der Waals surface area contributed by atoms with Crippen LogP contribution < -0.4 is 5.32 Å². The van der Waals surface area contributed by atoms with E-state index in [1.165, 1.54) is 0 Å². The summed E-state index contributed by atoms with van der Waals surface area (Å²) < 4.78 is 0. The maximum atomic E-state index is 12.0. The Bertz CT molecular complexity index is 304. The van der Waals surface area contributed by atoms with Crippen LogP contribution in [-0.2, 0) is 4.79 Å². The van der Waals surface area contributed by atoms with Gasteiger partial charge in [-0.25, -0.2) is 9.59 Å². The van der Waals surface area contributed by atoms with E-state index >= 15 is 0 Å². The average Bonchev–Trinajstić information content (AvgIpc) is 2.43. The molecule has 1 heterocycles. The van der Waals surface area contributed by atoms with Crippen molar-refractivity contribution in [2.24, 2.45) is 0 Å². The van der Waals surface area contributed by atoms with Gasteiger partial charge in [0.1, 0.15) is 6.04 Å². The van der Waals surface area contributed by atoms with Gasteiger partial charge in [-0.1, -0.05) is 19.8 Å². The Balaban J connectivity index is 2.42. The summed E-state index contributed by atoms with van der Waals surface area (Å²) in [4.78, 5) is 24.8. The minimum atomic E-state index is -0.944. The summed E-state index contributed by atoms with van der Waals surface area (Å²) in [6, 6.07) is -0.992. The molecule has 0 aromatic carbocycles. The largest absolute Gasteiger partial charge is 0.480 e. The Kier molecular flexibility index (Phi) is 7.05. The number of thioether (sulfide) groups is 1. The number of rotatable bonds is 6. The van der Waals surface area contributed by atoms with Crippen molar-refractivity contribution in [3.63, 3.8) is 0 Å². The molecule has 1 fully saturated rings. The molecule has 1 rings (SSSR count). The van der Waals surface area contributed by atoms with E-state index in [1.807, 2.05) is 18.7 Å². The standard InChI is InChI=1S/C13H24N2O3S/c1-3-4-5-11(12(16)17)14-13(18)15-8-6-10(19-2)7-9-15/h10-11H,3-9H2,1-2H3,(H,14,18)(H,16,17). The summed E-state index contributed by atoms with van der Waals surface area (Å²) in [5.41, 5.74) is 0. The molecule has 0 spiro atoms. The van der Waals surface area contributed by atoms with Crippen molar-refractivity contribution < 1.29 is 14.7 Å². The van der Waals surface area contributed by atoms with Crippen molar-refractivity contribution in [3.8, 4) is 0 Å². The van der Waals surface area contributed by atoms with Crippen molar-refractivity contribution in [3.05, 3.63) is 0 Å². The van der Waals surface area contributed by atoms with E-state index in [0.717, 1.165) is 38.8 Å². The highest BCUT2D eigenvalue weighted by atomic mass is 32.2. The van der Waals surface area contributed by atoms with Gasteiger partial charge in [-0.2, -0.15) is 11.8 Å². The molecule has 110 valence electrons. The van der Waals surface area contributed by atoms with Crippen LogP contribution in [0, 0.1) is 0 Å². The third-order valence-corrected chi connectivity index (χ3v) is 4.64. The molecule has 1 unspecified atom stereocenters. The number of nitrogens with zero attached hydrogens (tertiary/aromatic N) is 1. The third kappa shape index (κ3) is 5.30. The normalized spacial score (nSPS) is 18.1. The Morgan fingerprint density at radius 1 is 1.42 bits per heavy atom. The van der Waals surface area contributed by atoms with Gasteiger partial charge < -0.3 is 15.3 Å². The lowest BCUT2D eigenvalue weighted by Gasteiger charge is -2.32. The number of nitrogens with one attached hydrogen (secondary N) is 1. The maximum Gasteiger partial charge on any atom is 0.326 e. The zero-order chi connectivity index (χ0) is 14.3. The number of unbranched alkanes of at least 4 members (excludes halogenated alkanes) is 1. The van der Waals surface area contributed by atoms with Crippen molar-refractivity contribution in [2.45, 2.75) is 50.3 Å². The van der Waals surface area contributed by atoms with Gasteiger partial charge in [-0.15, -0.1) is 0 Å². The fourth-order valence-electron chi connectivity index (χ4n) is 2.20. The van der Waals surface area contributed by atoms with Crippen LogP contribution >= 0.6 is 11.8 Å². The number of carboxylic acids is 1. The molecule has 0 radical (unpaired) electrons. The van der Waals surface area contributed by atoms with Crippen LogP contribution in [0.4, 0.5) is 4.79 Å². The molecule has 0 aliphatic carbocycles. The number of piperidine rings is 1. The van der Waals surface area contributed by atoms with E-state index in [9.17, 15) is 9.59 Å². The average molecular weight is 288 g/mol. The molecule has 0 bridgehead atoms. The summed E-state index contributed by atoms with van der Waals surface area (Å²) in [7, 11) is 0. The Labute approximate surface area is 119 Å². The predicted molar refractivity (Wildman–Crippen MR) is 77.6 cm³/mol. The van der Waals surface area contributed by atoms with Crippen molar-refractivity contribution in [1.29, 1.82) is 0 Å². The van der Waals surface area contributed by atoms with E-state index in [1.54, 1.807) is 4.90 Å². The quantitative estimate of drug-likeness (QED) is 0.786. The first-order valence-corrected chi connectivity index (χ1v) is 8.18. The van der Waals surface area contributed by atoms with Gasteiger partial charge in [-0.3, -0.25) is 0 Å². The van der Waals surface area contributed by atoms with E-state index in [4.69, 9.17) is 5.11 Å². The van der Waals surface area contributed by atoms with E-state index in [-0.39, 0.29) is 6.03 Å². The number of carbonyl (C=O) groups excluding carboxylic acids is 1. The first-order chi connectivity index (χ1) is 9.08. The van der Waals surface area contributed by atoms with Crippen LogP contribution in [0.25, 0.3) is 0 Å². The second kappa shape index (κ2) is 8.30. The molecule has 1 atom stereocenters. The lowest BCUT2D eigenvalue weighted by Crippen LogP contribution is -2.50.